The van der Waals surface area contributed by atoms with Gasteiger partial charge in [-0.25, -0.2) is 4.79 Å². The van der Waals surface area contributed by atoms with Crippen LogP contribution in [0.1, 0.15) is 17.3 Å². The largest absolute Gasteiger partial charge is 0.392 e. The number of nitrogens with zero attached hydrogens (tertiary/aromatic N) is 3. The van der Waals surface area contributed by atoms with Gasteiger partial charge in [-0.2, -0.15) is 0 Å². The summed E-state index contributed by atoms with van der Waals surface area (Å²) in [6.45, 7) is 1.67. The Labute approximate surface area is 144 Å². The Kier molecular flexibility index (Phi) is 5.43. The van der Waals surface area contributed by atoms with Crippen molar-refractivity contribution < 1.29 is 9.90 Å². The minimum atomic E-state index is -0.726. The molecule has 1 heterocycles. The van der Waals surface area contributed by atoms with E-state index in [1.165, 1.54) is 14.1 Å². The number of carbonyl (C=O) groups excluding carboxylic acids is 1. The fraction of sp³-hybridized carbons (Fsp3) is 0.353. The summed E-state index contributed by atoms with van der Waals surface area (Å²) in [4.78, 5) is 38.6. The van der Waals surface area contributed by atoms with Crippen molar-refractivity contribution in [1.29, 1.82) is 0 Å². The van der Waals surface area contributed by atoms with Crippen molar-refractivity contribution in [1.82, 2.24) is 9.13 Å². The van der Waals surface area contributed by atoms with Gasteiger partial charge in [-0.15, -0.1) is 0 Å². The minimum Gasteiger partial charge on any atom is -0.392 e. The molecule has 0 aliphatic carbocycles. The molecule has 0 saturated carbocycles. The second-order valence-corrected chi connectivity index (χ2v) is 5.95. The van der Waals surface area contributed by atoms with Gasteiger partial charge in [0.25, 0.3) is 5.56 Å². The van der Waals surface area contributed by atoms with E-state index in [2.05, 4.69) is 0 Å². The number of para-hydroxylation sites is 1. The van der Waals surface area contributed by atoms with Crippen LogP contribution in [0, 0.1) is 0 Å². The number of ketones is 1. The van der Waals surface area contributed by atoms with Crippen molar-refractivity contribution >= 4 is 17.3 Å². The fourth-order valence-corrected chi connectivity index (χ4v) is 2.59. The number of nitrogens with two attached hydrogens (primary N) is 1. The first-order chi connectivity index (χ1) is 11.7. The molecule has 1 atom stereocenters. The maximum Gasteiger partial charge on any atom is 0.332 e. The SMILES string of the molecule is C[C@H](O)CN(CC(=O)c1c(N)n(C)c(=O)n(C)c1=O)c1ccccc1. The van der Waals surface area contributed by atoms with Crippen molar-refractivity contribution in [3.8, 4) is 0 Å². The standard InChI is InChI=1S/C17H22N4O4/c1-11(22)9-21(12-7-5-4-6-8-12)10-13(23)14-15(18)19(2)17(25)20(3)16(14)24/h4-8,11,22H,9-10,18H2,1-3H3/t11-/m0/s1. The quantitative estimate of drug-likeness (QED) is 0.697. The van der Waals surface area contributed by atoms with Crippen LogP contribution in [0.2, 0.25) is 0 Å². The van der Waals surface area contributed by atoms with Gasteiger partial charge < -0.3 is 15.7 Å². The highest BCUT2D eigenvalue weighted by atomic mass is 16.3. The molecule has 0 aliphatic rings. The summed E-state index contributed by atoms with van der Waals surface area (Å²) in [6.07, 6.45) is -0.673. The Hall–Kier alpha value is -2.87. The number of aliphatic hydroxyl groups excluding tert-OH is 1. The molecule has 0 fully saturated rings. The highest BCUT2D eigenvalue weighted by molar-refractivity contribution is 6.02. The van der Waals surface area contributed by atoms with Gasteiger partial charge in [-0.3, -0.25) is 18.7 Å². The van der Waals surface area contributed by atoms with Crippen LogP contribution in [0.5, 0.6) is 0 Å². The normalized spacial score (nSPS) is 12.0. The van der Waals surface area contributed by atoms with Crippen LogP contribution in [0.4, 0.5) is 11.5 Å². The van der Waals surface area contributed by atoms with E-state index in [0.29, 0.717) is 0 Å². The van der Waals surface area contributed by atoms with Crippen molar-refractivity contribution in [3.63, 3.8) is 0 Å². The highest BCUT2D eigenvalue weighted by Crippen LogP contribution is 2.15. The lowest BCUT2D eigenvalue weighted by Crippen LogP contribution is -2.44. The van der Waals surface area contributed by atoms with Crippen LogP contribution in [0.25, 0.3) is 0 Å². The molecule has 8 heteroatoms. The Morgan fingerprint density at radius 1 is 1.20 bits per heavy atom. The molecular formula is C17H22N4O4. The second kappa shape index (κ2) is 7.35. The lowest BCUT2D eigenvalue weighted by molar-refractivity contribution is 0.0994. The minimum absolute atomic E-state index is 0.146. The van der Waals surface area contributed by atoms with E-state index < -0.39 is 23.1 Å². The summed E-state index contributed by atoms with van der Waals surface area (Å²) < 4.78 is 1.92. The Morgan fingerprint density at radius 2 is 1.80 bits per heavy atom. The summed E-state index contributed by atoms with van der Waals surface area (Å²) in [6, 6.07) is 9.07. The van der Waals surface area contributed by atoms with Crippen molar-refractivity contribution in [3.05, 3.63) is 56.7 Å². The lowest BCUT2D eigenvalue weighted by Gasteiger charge is -2.25. The molecule has 0 unspecified atom stereocenters. The Morgan fingerprint density at radius 3 is 2.36 bits per heavy atom. The summed E-state index contributed by atoms with van der Waals surface area (Å²) >= 11 is 0. The number of aliphatic hydroxyl groups is 1. The van der Waals surface area contributed by atoms with Gasteiger partial charge in [0.2, 0.25) is 0 Å². The third-order valence-electron chi connectivity index (χ3n) is 3.93. The first-order valence-corrected chi connectivity index (χ1v) is 7.80. The van der Waals surface area contributed by atoms with E-state index in [0.717, 1.165) is 14.8 Å². The summed E-state index contributed by atoms with van der Waals surface area (Å²) in [5, 5.41) is 9.71. The molecule has 2 rings (SSSR count). The van der Waals surface area contributed by atoms with Gasteiger partial charge in [0, 0.05) is 26.3 Å². The predicted molar refractivity (Wildman–Crippen MR) is 96.0 cm³/mol. The first-order valence-electron chi connectivity index (χ1n) is 7.80. The smallest absolute Gasteiger partial charge is 0.332 e. The van der Waals surface area contributed by atoms with E-state index in [-0.39, 0.29) is 24.5 Å². The summed E-state index contributed by atoms with van der Waals surface area (Å²) in [5.74, 6) is -0.679. The number of carbonyl (C=O) groups is 1. The van der Waals surface area contributed by atoms with Crippen molar-refractivity contribution in [2.45, 2.75) is 13.0 Å². The number of rotatable bonds is 6. The Bertz CT molecular complexity index is 884. The predicted octanol–water partition coefficient (Wildman–Crippen LogP) is -0.264. The third kappa shape index (κ3) is 3.80. The second-order valence-electron chi connectivity index (χ2n) is 5.95. The number of aromatic nitrogens is 2. The van der Waals surface area contributed by atoms with Gasteiger partial charge >= 0.3 is 5.69 Å². The van der Waals surface area contributed by atoms with E-state index in [4.69, 9.17) is 5.73 Å². The van der Waals surface area contributed by atoms with E-state index in [1.807, 2.05) is 18.2 Å². The molecule has 134 valence electrons. The van der Waals surface area contributed by atoms with E-state index >= 15 is 0 Å². The average molecular weight is 346 g/mol. The summed E-state index contributed by atoms with van der Waals surface area (Å²) in [5.41, 5.74) is 5.02. The molecule has 0 amide bonds. The molecule has 3 N–H and O–H groups in total. The Balaban J connectivity index is 2.43. The van der Waals surface area contributed by atoms with E-state index in [9.17, 15) is 19.5 Å². The number of anilines is 2. The van der Waals surface area contributed by atoms with Crippen molar-refractivity contribution in [2.75, 3.05) is 23.7 Å². The zero-order chi connectivity index (χ0) is 18.7. The monoisotopic (exact) mass is 346 g/mol. The number of hydrogen-bond acceptors (Lipinski definition) is 6. The number of hydrogen-bond donors (Lipinski definition) is 2. The molecule has 0 bridgehead atoms. The van der Waals surface area contributed by atoms with E-state index in [1.54, 1.807) is 24.0 Å². The molecule has 1 aromatic heterocycles. The summed E-state index contributed by atoms with van der Waals surface area (Å²) in [7, 11) is 2.70. The van der Waals surface area contributed by atoms with Gasteiger partial charge in [-0.05, 0) is 19.1 Å². The first kappa shape index (κ1) is 18.5. The van der Waals surface area contributed by atoms with Crippen molar-refractivity contribution in [2.24, 2.45) is 14.1 Å². The number of nitrogen functional groups attached to an aromatic ring is 1. The molecule has 25 heavy (non-hydrogen) atoms. The zero-order valence-corrected chi connectivity index (χ0v) is 14.5. The lowest BCUT2D eigenvalue weighted by atomic mass is 10.1. The molecule has 0 saturated heterocycles. The fourth-order valence-electron chi connectivity index (χ4n) is 2.59. The molecule has 0 radical (unpaired) electrons. The van der Waals surface area contributed by atoms with Gasteiger partial charge in [0.05, 0.1) is 12.6 Å². The van der Waals surface area contributed by atoms with Crippen LogP contribution < -0.4 is 21.9 Å². The molecule has 1 aromatic carbocycles. The van der Waals surface area contributed by atoms with Crippen LogP contribution in [0.15, 0.2) is 39.9 Å². The molecular weight excluding hydrogens is 324 g/mol. The molecule has 0 spiro atoms. The number of Topliss-reactive ketones (excluding diaryl/α,β-unsaturated/α-hetero) is 1. The number of benzene rings is 1. The van der Waals surface area contributed by atoms with Crippen LogP contribution in [-0.2, 0) is 14.1 Å². The van der Waals surface area contributed by atoms with Crippen LogP contribution >= 0.6 is 0 Å². The molecule has 8 nitrogen and oxygen atoms in total. The topological polar surface area (TPSA) is 111 Å². The average Bonchev–Trinajstić information content (AvgIpc) is 2.58. The maximum absolute atomic E-state index is 12.7. The van der Waals surface area contributed by atoms with Crippen LogP contribution in [0.3, 0.4) is 0 Å². The molecule has 0 aliphatic heterocycles. The van der Waals surface area contributed by atoms with Gasteiger partial charge in [0.1, 0.15) is 11.4 Å². The molecule has 2 aromatic rings. The highest BCUT2D eigenvalue weighted by Gasteiger charge is 2.23. The third-order valence-corrected chi connectivity index (χ3v) is 3.93. The van der Waals surface area contributed by atoms with Crippen LogP contribution in [-0.4, -0.2) is 39.2 Å². The zero-order valence-electron chi connectivity index (χ0n) is 14.5. The maximum atomic E-state index is 12.7. The van der Waals surface area contributed by atoms with Gasteiger partial charge in [-0.1, -0.05) is 18.2 Å². The van der Waals surface area contributed by atoms with Gasteiger partial charge in [0.15, 0.2) is 5.78 Å².